The molecule has 1 fully saturated rings. The number of amides is 1. The van der Waals surface area contributed by atoms with E-state index in [9.17, 15) is 4.79 Å². The number of hydrogen-bond donors (Lipinski definition) is 2. The van der Waals surface area contributed by atoms with Crippen molar-refractivity contribution < 1.29 is 14.3 Å². The molecule has 0 unspecified atom stereocenters. The van der Waals surface area contributed by atoms with E-state index < -0.39 is 0 Å². The molecule has 2 heterocycles. The van der Waals surface area contributed by atoms with E-state index in [0.717, 1.165) is 34.9 Å². The second kappa shape index (κ2) is 7.31. The monoisotopic (exact) mass is 349 g/mol. The van der Waals surface area contributed by atoms with Crippen LogP contribution in [0, 0.1) is 0 Å². The zero-order chi connectivity index (χ0) is 17.8. The second-order valence-corrected chi connectivity index (χ2v) is 6.18. The largest absolute Gasteiger partial charge is 0.491 e. The summed E-state index contributed by atoms with van der Waals surface area (Å²) in [6, 6.07) is 17.3. The average Bonchev–Trinajstić information content (AvgIpc) is 3.34. The van der Waals surface area contributed by atoms with Crippen LogP contribution >= 0.6 is 0 Å². The fourth-order valence-corrected chi connectivity index (χ4v) is 2.86. The third-order valence-electron chi connectivity index (χ3n) is 4.26. The predicted molar refractivity (Wildman–Crippen MR) is 97.2 cm³/mol. The Balaban J connectivity index is 1.33. The lowest BCUT2D eigenvalue weighted by Gasteiger charge is -2.12. The Morgan fingerprint density at radius 3 is 2.27 bits per heavy atom. The standard InChI is InChI=1S/C20H19N3O3/c24-20-10-3-15(22-20)13-25-16-6-8-18(9-7-16)26-17-4-1-14(2-5-17)19-11-12-21-23-19/h1-2,4-9,11-12,15H,3,10,13H2,(H,21,23)(H,22,24)/t15-/m0/s1. The summed E-state index contributed by atoms with van der Waals surface area (Å²) in [7, 11) is 0. The van der Waals surface area contributed by atoms with E-state index in [1.807, 2.05) is 54.6 Å². The molecule has 4 rings (SSSR count). The van der Waals surface area contributed by atoms with Gasteiger partial charge in [-0.25, -0.2) is 0 Å². The Labute approximate surface area is 151 Å². The lowest BCUT2D eigenvalue weighted by molar-refractivity contribution is -0.119. The highest BCUT2D eigenvalue weighted by Crippen LogP contribution is 2.26. The van der Waals surface area contributed by atoms with Gasteiger partial charge in [0.1, 0.15) is 23.9 Å². The Hall–Kier alpha value is -3.28. The maximum atomic E-state index is 11.2. The lowest BCUT2D eigenvalue weighted by Crippen LogP contribution is -2.30. The number of nitrogens with zero attached hydrogens (tertiary/aromatic N) is 1. The first-order valence-corrected chi connectivity index (χ1v) is 8.56. The molecule has 1 atom stereocenters. The highest BCUT2D eigenvalue weighted by Gasteiger charge is 2.20. The van der Waals surface area contributed by atoms with Gasteiger partial charge in [-0.05, 0) is 66.6 Å². The first-order valence-electron chi connectivity index (χ1n) is 8.56. The molecule has 0 saturated carbocycles. The van der Waals surface area contributed by atoms with E-state index in [1.54, 1.807) is 6.20 Å². The molecule has 1 aliphatic rings. The molecule has 1 aromatic heterocycles. The van der Waals surface area contributed by atoms with E-state index in [2.05, 4.69) is 15.5 Å². The second-order valence-electron chi connectivity index (χ2n) is 6.18. The number of H-pyrrole nitrogens is 1. The van der Waals surface area contributed by atoms with Crippen molar-refractivity contribution >= 4 is 5.91 Å². The number of benzene rings is 2. The predicted octanol–water partition coefficient (Wildman–Crippen LogP) is 3.53. The Morgan fingerprint density at radius 2 is 1.65 bits per heavy atom. The molecule has 1 amide bonds. The number of aromatic amines is 1. The van der Waals surface area contributed by atoms with Crippen molar-refractivity contribution in [3.63, 3.8) is 0 Å². The summed E-state index contributed by atoms with van der Waals surface area (Å²) in [5.74, 6) is 2.35. The van der Waals surface area contributed by atoms with Gasteiger partial charge in [0.05, 0.1) is 11.7 Å². The number of rotatable bonds is 6. The molecule has 0 bridgehead atoms. The topological polar surface area (TPSA) is 76.2 Å². The molecule has 0 radical (unpaired) electrons. The van der Waals surface area contributed by atoms with E-state index >= 15 is 0 Å². The van der Waals surface area contributed by atoms with Gasteiger partial charge in [-0.3, -0.25) is 9.89 Å². The summed E-state index contributed by atoms with van der Waals surface area (Å²) in [5, 5.41) is 9.78. The number of aromatic nitrogens is 2. The van der Waals surface area contributed by atoms with E-state index in [-0.39, 0.29) is 11.9 Å². The van der Waals surface area contributed by atoms with Gasteiger partial charge in [0.2, 0.25) is 5.91 Å². The quantitative estimate of drug-likeness (QED) is 0.714. The van der Waals surface area contributed by atoms with E-state index in [4.69, 9.17) is 9.47 Å². The smallest absolute Gasteiger partial charge is 0.220 e. The van der Waals surface area contributed by atoms with E-state index in [1.165, 1.54) is 0 Å². The zero-order valence-corrected chi connectivity index (χ0v) is 14.1. The molecule has 2 N–H and O–H groups in total. The minimum absolute atomic E-state index is 0.0981. The SMILES string of the molecule is O=C1CC[C@@H](COc2ccc(Oc3ccc(-c4ccn[nH]4)cc3)cc2)N1. The van der Waals surface area contributed by atoms with Crippen LogP contribution in [0.3, 0.4) is 0 Å². The number of carbonyl (C=O) groups excluding carboxylic acids is 1. The van der Waals surface area contributed by atoms with Crippen molar-refractivity contribution in [1.82, 2.24) is 15.5 Å². The van der Waals surface area contributed by atoms with Gasteiger partial charge in [0.15, 0.2) is 0 Å². The molecule has 132 valence electrons. The molecule has 0 spiro atoms. The summed E-state index contributed by atoms with van der Waals surface area (Å²) in [6.45, 7) is 0.487. The summed E-state index contributed by atoms with van der Waals surface area (Å²) in [4.78, 5) is 11.2. The van der Waals surface area contributed by atoms with Crippen LogP contribution in [0.25, 0.3) is 11.3 Å². The Morgan fingerprint density at radius 1 is 0.962 bits per heavy atom. The van der Waals surface area contributed by atoms with Crippen molar-refractivity contribution in [3.05, 3.63) is 60.8 Å². The Kier molecular flexibility index (Phi) is 4.55. The van der Waals surface area contributed by atoms with Gasteiger partial charge < -0.3 is 14.8 Å². The molecule has 0 aliphatic carbocycles. The average molecular weight is 349 g/mol. The maximum absolute atomic E-state index is 11.2. The lowest BCUT2D eigenvalue weighted by atomic mass is 10.1. The van der Waals surface area contributed by atoms with Gasteiger partial charge in [0.25, 0.3) is 0 Å². The summed E-state index contributed by atoms with van der Waals surface area (Å²) in [6.07, 6.45) is 3.14. The van der Waals surface area contributed by atoms with Crippen molar-refractivity contribution in [1.29, 1.82) is 0 Å². The zero-order valence-electron chi connectivity index (χ0n) is 14.1. The fraction of sp³-hybridized carbons (Fsp3) is 0.200. The number of carbonyl (C=O) groups is 1. The number of ether oxygens (including phenoxy) is 2. The molecule has 6 nitrogen and oxygen atoms in total. The minimum atomic E-state index is 0.0981. The minimum Gasteiger partial charge on any atom is -0.491 e. The molecular weight excluding hydrogens is 330 g/mol. The Bertz CT molecular complexity index is 858. The van der Waals surface area contributed by atoms with Gasteiger partial charge in [-0.2, -0.15) is 5.10 Å². The first kappa shape index (κ1) is 16.2. The molecule has 1 aliphatic heterocycles. The highest BCUT2D eigenvalue weighted by atomic mass is 16.5. The maximum Gasteiger partial charge on any atom is 0.220 e. The van der Waals surface area contributed by atoms with Gasteiger partial charge in [0, 0.05) is 12.6 Å². The van der Waals surface area contributed by atoms with Crippen LogP contribution < -0.4 is 14.8 Å². The normalized spacial score (nSPS) is 16.3. The fourth-order valence-electron chi connectivity index (χ4n) is 2.86. The van der Waals surface area contributed by atoms with Gasteiger partial charge >= 0.3 is 0 Å². The molecule has 3 aromatic rings. The summed E-state index contributed by atoms with van der Waals surface area (Å²) in [5.41, 5.74) is 2.02. The van der Waals surface area contributed by atoms with Crippen LogP contribution in [-0.4, -0.2) is 28.8 Å². The first-order chi connectivity index (χ1) is 12.8. The van der Waals surface area contributed by atoms with Crippen LogP contribution in [0.15, 0.2) is 60.8 Å². The van der Waals surface area contributed by atoms with Crippen LogP contribution in [0.5, 0.6) is 17.2 Å². The van der Waals surface area contributed by atoms with Crippen LogP contribution in [-0.2, 0) is 4.79 Å². The van der Waals surface area contributed by atoms with Crippen molar-refractivity contribution in [2.75, 3.05) is 6.61 Å². The summed E-state index contributed by atoms with van der Waals surface area (Å²) >= 11 is 0. The number of hydrogen-bond acceptors (Lipinski definition) is 4. The highest BCUT2D eigenvalue weighted by molar-refractivity contribution is 5.78. The molecule has 26 heavy (non-hydrogen) atoms. The molecule has 1 saturated heterocycles. The van der Waals surface area contributed by atoms with Crippen molar-refractivity contribution in [3.8, 4) is 28.5 Å². The van der Waals surface area contributed by atoms with Crippen molar-refractivity contribution in [2.45, 2.75) is 18.9 Å². The van der Waals surface area contributed by atoms with Gasteiger partial charge in [-0.15, -0.1) is 0 Å². The molecule has 2 aromatic carbocycles. The molecule has 6 heteroatoms. The van der Waals surface area contributed by atoms with Crippen LogP contribution in [0.4, 0.5) is 0 Å². The van der Waals surface area contributed by atoms with Crippen LogP contribution in [0.2, 0.25) is 0 Å². The number of nitrogens with one attached hydrogen (secondary N) is 2. The van der Waals surface area contributed by atoms with Crippen LogP contribution in [0.1, 0.15) is 12.8 Å². The van der Waals surface area contributed by atoms with E-state index in [0.29, 0.717) is 13.0 Å². The van der Waals surface area contributed by atoms with Crippen molar-refractivity contribution in [2.24, 2.45) is 0 Å². The third-order valence-corrected chi connectivity index (χ3v) is 4.26. The van der Waals surface area contributed by atoms with Gasteiger partial charge in [-0.1, -0.05) is 0 Å². The molecular formula is C20H19N3O3. The third kappa shape index (κ3) is 3.85. The summed E-state index contributed by atoms with van der Waals surface area (Å²) < 4.78 is 11.6.